The number of ether oxygens (including phenoxy) is 1. The van der Waals surface area contributed by atoms with Crippen LogP contribution >= 0.6 is 0 Å². The Morgan fingerprint density at radius 3 is 2.52 bits per heavy atom. The SMILES string of the molecule is CC(C)(C)c1ccccc1Oc1coc2cc(O)ccc2c1=O. The second-order valence-electron chi connectivity index (χ2n) is 6.46. The maximum atomic E-state index is 12.5. The molecule has 0 amide bonds. The third-order valence-corrected chi connectivity index (χ3v) is 3.64. The van der Waals surface area contributed by atoms with Gasteiger partial charge in [-0.3, -0.25) is 4.79 Å². The number of phenolic OH excluding ortho intramolecular Hbond substituents is 1. The number of benzene rings is 2. The normalized spacial score (nSPS) is 11.6. The van der Waals surface area contributed by atoms with E-state index in [0.717, 1.165) is 5.56 Å². The van der Waals surface area contributed by atoms with Gasteiger partial charge in [0.1, 0.15) is 23.3 Å². The molecule has 0 fully saturated rings. The van der Waals surface area contributed by atoms with Crippen LogP contribution in [0.4, 0.5) is 0 Å². The van der Waals surface area contributed by atoms with E-state index in [9.17, 15) is 9.90 Å². The summed E-state index contributed by atoms with van der Waals surface area (Å²) in [5, 5.41) is 9.83. The van der Waals surface area contributed by atoms with Crippen LogP contribution in [-0.2, 0) is 5.41 Å². The molecule has 0 aliphatic heterocycles. The lowest BCUT2D eigenvalue weighted by Crippen LogP contribution is -2.13. The average Bonchev–Trinajstić information content (AvgIpc) is 2.49. The lowest BCUT2D eigenvalue weighted by Gasteiger charge is -2.22. The second-order valence-corrected chi connectivity index (χ2v) is 6.46. The monoisotopic (exact) mass is 310 g/mol. The molecule has 0 aliphatic rings. The van der Waals surface area contributed by atoms with Gasteiger partial charge in [0.2, 0.25) is 11.2 Å². The zero-order valence-electron chi connectivity index (χ0n) is 13.3. The molecule has 1 heterocycles. The molecule has 0 bridgehead atoms. The van der Waals surface area contributed by atoms with Crippen LogP contribution in [0.5, 0.6) is 17.2 Å². The molecule has 0 aliphatic carbocycles. The number of rotatable bonds is 2. The Morgan fingerprint density at radius 2 is 1.78 bits per heavy atom. The van der Waals surface area contributed by atoms with Crippen LogP contribution < -0.4 is 10.2 Å². The molecule has 0 saturated carbocycles. The van der Waals surface area contributed by atoms with Crippen molar-refractivity contribution in [2.45, 2.75) is 26.2 Å². The topological polar surface area (TPSA) is 59.7 Å². The Bertz CT molecular complexity index is 917. The summed E-state index contributed by atoms with van der Waals surface area (Å²) in [4.78, 5) is 12.5. The molecule has 1 aromatic heterocycles. The van der Waals surface area contributed by atoms with E-state index in [4.69, 9.17) is 9.15 Å². The highest BCUT2D eigenvalue weighted by molar-refractivity contribution is 5.79. The largest absolute Gasteiger partial charge is 0.508 e. The summed E-state index contributed by atoms with van der Waals surface area (Å²) in [6.45, 7) is 6.25. The fraction of sp³-hybridized carbons (Fsp3) is 0.211. The zero-order chi connectivity index (χ0) is 16.6. The number of fused-ring (bicyclic) bond motifs is 1. The van der Waals surface area contributed by atoms with Crippen molar-refractivity contribution >= 4 is 11.0 Å². The van der Waals surface area contributed by atoms with E-state index >= 15 is 0 Å². The summed E-state index contributed by atoms with van der Waals surface area (Å²) in [6, 6.07) is 12.0. The molecule has 0 radical (unpaired) electrons. The van der Waals surface area contributed by atoms with E-state index < -0.39 is 0 Å². The van der Waals surface area contributed by atoms with Crippen LogP contribution in [0.1, 0.15) is 26.3 Å². The van der Waals surface area contributed by atoms with Gasteiger partial charge in [0.05, 0.1) is 5.39 Å². The molecule has 23 heavy (non-hydrogen) atoms. The van der Waals surface area contributed by atoms with Crippen LogP contribution in [0.15, 0.2) is 57.9 Å². The highest BCUT2D eigenvalue weighted by Crippen LogP contribution is 2.33. The van der Waals surface area contributed by atoms with Crippen LogP contribution in [0, 0.1) is 0 Å². The quantitative estimate of drug-likeness (QED) is 0.752. The molecular weight excluding hydrogens is 292 g/mol. The Labute approximate surface area is 134 Å². The van der Waals surface area contributed by atoms with Gasteiger partial charge in [-0.25, -0.2) is 0 Å². The summed E-state index contributed by atoms with van der Waals surface area (Å²) in [6.07, 6.45) is 1.28. The Kier molecular flexibility index (Phi) is 3.60. The first-order chi connectivity index (χ1) is 10.9. The van der Waals surface area contributed by atoms with Crippen molar-refractivity contribution in [2.75, 3.05) is 0 Å². The minimum absolute atomic E-state index is 0.0485. The molecule has 2 aromatic carbocycles. The summed E-state index contributed by atoms with van der Waals surface area (Å²) >= 11 is 0. The average molecular weight is 310 g/mol. The summed E-state index contributed by atoms with van der Waals surface area (Å²) < 4.78 is 11.3. The van der Waals surface area contributed by atoms with Gasteiger partial charge >= 0.3 is 0 Å². The van der Waals surface area contributed by atoms with E-state index in [2.05, 4.69) is 20.8 Å². The van der Waals surface area contributed by atoms with Crippen molar-refractivity contribution in [3.8, 4) is 17.2 Å². The van der Waals surface area contributed by atoms with Crippen molar-refractivity contribution in [2.24, 2.45) is 0 Å². The molecule has 1 N–H and O–H groups in total. The van der Waals surface area contributed by atoms with E-state index in [-0.39, 0.29) is 22.3 Å². The van der Waals surface area contributed by atoms with Crippen LogP contribution in [0.25, 0.3) is 11.0 Å². The standard InChI is InChI=1S/C19H18O4/c1-19(2,3)14-6-4-5-7-15(14)23-17-11-22-16-10-12(20)8-9-13(16)18(17)21/h4-11,20H,1-3H3. The Balaban J connectivity index is 2.08. The first-order valence-corrected chi connectivity index (χ1v) is 7.38. The molecule has 118 valence electrons. The highest BCUT2D eigenvalue weighted by Gasteiger charge is 2.20. The molecule has 0 spiro atoms. The van der Waals surface area contributed by atoms with Gasteiger partial charge in [0, 0.05) is 11.6 Å². The van der Waals surface area contributed by atoms with E-state index in [0.29, 0.717) is 16.7 Å². The molecular formula is C19H18O4. The zero-order valence-corrected chi connectivity index (χ0v) is 13.3. The highest BCUT2D eigenvalue weighted by atomic mass is 16.5. The third kappa shape index (κ3) is 2.93. The summed E-state index contributed by atoms with van der Waals surface area (Å²) in [5.74, 6) is 0.803. The Morgan fingerprint density at radius 1 is 1.04 bits per heavy atom. The van der Waals surface area contributed by atoms with Crippen molar-refractivity contribution in [1.82, 2.24) is 0 Å². The fourth-order valence-corrected chi connectivity index (χ4v) is 2.46. The van der Waals surface area contributed by atoms with Crippen LogP contribution in [-0.4, -0.2) is 5.11 Å². The van der Waals surface area contributed by atoms with Crippen molar-refractivity contribution in [3.05, 3.63) is 64.5 Å². The first-order valence-electron chi connectivity index (χ1n) is 7.38. The van der Waals surface area contributed by atoms with Gasteiger partial charge in [-0.15, -0.1) is 0 Å². The number of para-hydroxylation sites is 1. The maximum absolute atomic E-state index is 12.5. The molecule has 0 atom stereocenters. The molecule has 4 nitrogen and oxygen atoms in total. The van der Waals surface area contributed by atoms with Crippen molar-refractivity contribution in [1.29, 1.82) is 0 Å². The predicted octanol–water partition coefficient (Wildman–Crippen LogP) is 4.59. The summed E-state index contributed by atoms with van der Waals surface area (Å²) in [7, 11) is 0. The number of aromatic hydroxyl groups is 1. The van der Waals surface area contributed by atoms with Crippen molar-refractivity contribution < 1.29 is 14.3 Å². The lowest BCUT2D eigenvalue weighted by atomic mass is 9.86. The predicted molar refractivity (Wildman–Crippen MR) is 89.4 cm³/mol. The van der Waals surface area contributed by atoms with E-state index in [1.807, 2.05) is 24.3 Å². The Hall–Kier alpha value is -2.75. The lowest BCUT2D eigenvalue weighted by molar-refractivity contribution is 0.431. The number of phenols is 1. The molecule has 0 unspecified atom stereocenters. The van der Waals surface area contributed by atoms with Crippen LogP contribution in [0.2, 0.25) is 0 Å². The van der Waals surface area contributed by atoms with E-state index in [1.165, 1.54) is 24.5 Å². The minimum atomic E-state index is -0.269. The first kappa shape index (κ1) is 15.2. The van der Waals surface area contributed by atoms with Gasteiger partial charge in [-0.2, -0.15) is 0 Å². The maximum Gasteiger partial charge on any atom is 0.235 e. The minimum Gasteiger partial charge on any atom is -0.508 e. The summed E-state index contributed by atoms with van der Waals surface area (Å²) in [5.41, 5.74) is 0.950. The van der Waals surface area contributed by atoms with Gasteiger partial charge in [-0.05, 0) is 23.6 Å². The van der Waals surface area contributed by atoms with Crippen LogP contribution in [0.3, 0.4) is 0 Å². The van der Waals surface area contributed by atoms with Gasteiger partial charge in [0.15, 0.2) is 0 Å². The smallest absolute Gasteiger partial charge is 0.235 e. The number of hydrogen-bond donors (Lipinski definition) is 1. The fourth-order valence-electron chi connectivity index (χ4n) is 2.46. The molecule has 4 heteroatoms. The van der Waals surface area contributed by atoms with Gasteiger partial charge in [-0.1, -0.05) is 39.0 Å². The number of hydrogen-bond acceptors (Lipinski definition) is 4. The van der Waals surface area contributed by atoms with Crippen molar-refractivity contribution in [3.63, 3.8) is 0 Å². The molecule has 3 rings (SSSR count). The van der Waals surface area contributed by atoms with E-state index in [1.54, 1.807) is 0 Å². The van der Waals surface area contributed by atoms with Gasteiger partial charge < -0.3 is 14.3 Å². The van der Waals surface area contributed by atoms with Gasteiger partial charge in [0.25, 0.3) is 0 Å². The third-order valence-electron chi connectivity index (χ3n) is 3.64. The molecule has 0 saturated heterocycles. The second kappa shape index (κ2) is 5.47. The molecule has 3 aromatic rings.